The molecule has 0 N–H and O–H groups in total. The largest absolute Gasteiger partial charge is 0.294 e. The second-order valence-electron chi connectivity index (χ2n) is 4.93. The predicted octanol–water partition coefficient (Wildman–Crippen LogP) is 4.84. The molecule has 0 aliphatic heterocycles. The highest BCUT2D eigenvalue weighted by Gasteiger charge is 2.10. The van der Waals surface area contributed by atoms with E-state index in [1.807, 2.05) is 30.3 Å². The topological polar surface area (TPSA) is 17.1 Å². The van der Waals surface area contributed by atoms with Gasteiger partial charge in [0.15, 0.2) is 5.78 Å². The lowest BCUT2D eigenvalue weighted by Gasteiger charge is -2.09. The molecule has 2 aromatic rings. The number of Topliss-reactive ketones (excluding diaryl/α,β-unsaturated/α-hetero) is 1. The van der Waals surface area contributed by atoms with E-state index in [9.17, 15) is 4.79 Å². The highest BCUT2D eigenvalue weighted by Crippen LogP contribution is 2.20. The van der Waals surface area contributed by atoms with Crippen molar-refractivity contribution < 1.29 is 4.79 Å². The van der Waals surface area contributed by atoms with Crippen molar-refractivity contribution in [1.29, 1.82) is 0 Å². The van der Waals surface area contributed by atoms with E-state index < -0.39 is 0 Å². The minimum atomic E-state index is 0.190. The number of ketones is 1. The van der Waals surface area contributed by atoms with Crippen LogP contribution in [0.3, 0.4) is 0 Å². The van der Waals surface area contributed by atoms with Gasteiger partial charge < -0.3 is 0 Å². The van der Waals surface area contributed by atoms with Gasteiger partial charge in [0, 0.05) is 16.9 Å². The first-order chi connectivity index (χ1) is 9.61. The zero-order valence-corrected chi connectivity index (χ0v) is 13.1. The Morgan fingerprint density at radius 3 is 2.15 bits per heavy atom. The van der Waals surface area contributed by atoms with Crippen molar-refractivity contribution in [2.45, 2.75) is 32.1 Å². The van der Waals surface area contributed by atoms with Gasteiger partial charge in [0.05, 0.1) is 0 Å². The van der Waals surface area contributed by atoms with Gasteiger partial charge in [-0.05, 0) is 48.4 Å². The molecule has 104 valence electrons. The van der Waals surface area contributed by atoms with Crippen LogP contribution < -0.4 is 0 Å². The minimum absolute atomic E-state index is 0.190. The maximum atomic E-state index is 12.4. The Labute approximate surface area is 125 Å². The first-order valence-corrected chi connectivity index (χ1v) is 7.91. The average molecular weight is 284 g/mol. The highest BCUT2D eigenvalue weighted by molar-refractivity contribution is 7.99. The van der Waals surface area contributed by atoms with Crippen LogP contribution in [-0.4, -0.2) is 11.5 Å². The van der Waals surface area contributed by atoms with Gasteiger partial charge in [0.1, 0.15) is 0 Å². The molecule has 20 heavy (non-hydrogen) atoms. The number of benzene rings is 2. The van der Waals surface area contributed by atoms with Crippen LogP contribution in [0.4, 0.5) is 0 Å². The number of rotatable bonds is 5. The predicted molar refractivity (Wildman–Crippen MR) is 86.8 cm³/mol. The van der Waals surface area contributed by atoms with Gasteiger partial charge in [-0.2, -0.15) is 0 Å². The van der Waals surface area contributed by atoms with Crippen molar-refractivity contribution in [3.05, 3.63) is 64.7 Å². The summed E-state index contributed by atoms with van der Waals surface area (Å²) >= 11 is 1.79. The summed E-state index contributed by atoms with van der Waals surface area (Å²) < 4.78 is 0. The first-order valence-electron chi connectivity index (χ1n) is 6.93. The third-order valence-corrected chi connectivity index (χ3v) is 4.36. The van der Waals surface area contributed by atoms with Crippen molar-refractivity contribution in [3.8, 4) is 0 Å². The van der Waals surface area contributed by atoms with Crippen LogP contribution in [0.15, 0.2) is 47.4 Å². The summed E-state index contributed by atoms with van der Waals surface area (Å²) in [6.07, 6.45) is 0.485. The number of carbonyl (C=O) groups is 1. The van der Waals surface area contributed by atoms with Crippen molar-refractivity contribution >= 4 is 17.5 Å². The van der Waals surface area contributed by atoms with Gasteiger partial charge in [-0.1, -0.05) is 37.3 Å². The molecule has 0 bridgehead atoms. The Hall–Kier alpha value is -1.54. The number of aryl methyl sites for hydroxylation is 2. The molecule has 2 rings (SSSR count). The van der Waals surface area contributed by atoms with Crippen LogP contribution in [0.5, 0.6) is 0 Å². The minimum Gasteiger partial charge on any atom is -0.294 e. The van der Waals surface area contributed by atoms with Gasteiger partial charge >= 0.3 is 0 Å². The van der Waals surface area contributed by atoms with E-state index >= 15 is 0 Å². The maximum absolute atomic E-state index is 12.4. The summed E-state index contributed by atoms with van der Waals surface area (Å²) in [6, 6.07) is 14.1. The van der Waals surface area contributed by atoms with E-state index in [4.69, 9.17) is 0 Å². The molecule has 0 aromatic heterocycles. The number of carbonyl (C=O) groups excluding carboxylic acids is 1. The van der Waals surface area contributed by atoms with Crippen LogP contribution >= 0.6 is 11.8 Å². The lowest BCUT2D eigenvalue weighted by molar-refractivity contribution is 0.0992. The fourth-order valence-electron chi connectivity index (χ4n) is 2.29. The summed E-state index contributed by atoms with van der Waals surface area (Å²) in [4.78, 5) is 13.6. The lowest BCUT2D eigenvalue weighted by atomic mass is 9.96. The molecule has 0 fully saturated rings. The van der Waals surface area contributed by atoms with Gasteiger partial charge in [0.2, 0.25) is 0 Å². The summed E-state index contributed by atoms with van der Waals surface area (Å²) in [5.41, 5.74) is 4.34. The van der Waals surface area contributed by atoms with E-state index in [1.165, 1.54) is 16.0 Å². The van der Waals surface area contributed by atoms with Gasteiger partial charge in [-0.25, -0.2) is 0 Å². The van der Waals surface area contributed by atoms with Crippen molar-refractivity contribution in [3.63, 3.8) is 0 Å². The number of thioether (sulfide) groups is 1. The van der Waals surface area contributed by atoms with Crippen molar-refractivity contribution in [2.75, 3.05) is 5.75 Å². The van der Waals surface area contributed by atoms with Crippen LogP contribution in [0.1, 0.15) is 34.0 Å². The van der Waals surface area contributed by atoms with E-state index in [2.05, 4.69) is 32.9 Å². The zero-order chi connectivity index (χ0) is 14.5. The quantitative estimate of drug-likeness (QED) is 0.577. The Morgan fingerprint density at radius 1 is 1.00 bits per heavy atom. The van der Waals surface area contributed by atoms with E-state index in [0.29, 0.717) is 6.42 Å². The fourth-order valence-corrected chi connectivity index (χ4v) is 2.96. The molecule has 0 aliphatic rings. The fraction of sp³-hybridized carbons (Fsp3) is 0.278. The number of hydrogen-bond acceptors (Lipinski definition) is 2. The summed E-state index contributed by atoms with van der Waals surface area (Å²) in [5, 5.41) is 0. The van der Waals surface area contributed by atoms with E-state index in [1.54, 1.807) is 11.8 Å². The van der Waals surface area contributed by atoms with Gasteiger partial charge in [-0.15, -0.1) is 11.8 Å². The molecule has 0 spiro atoms. The smallest absolute Gasteiger partial charge is 0.167 e. The van der Waals surface area contributed by atoms with Crippen LogP contribution in [0.25, 0.3) is 0 Å². The summed E-state index contributed by atoms with van der Waals surface area (Å²) in [6.45, 7) is 6.26. The molecule has 0 heterocycles. The molecular weight excluding hydrogens is 264 g/mol. The summed E-state index contributed by atoms with van der Waals surface area (Å²) in [5.74, 6) is 1.24. The van der Waals surface area contributed by atoms with Crippen LogP contribution in [0.2, 0.25) is 0 Å². The highest BCUT2D eigenvalue weighted by atomic mass is 32.2. The molecule has 0 radical (unpaired) electrons. The maximum Gasteiger partial charge on any atom is 0.167 e. The molecule has 0 saturated carbocycles. The Morgan fingerprint density at radius 2 is 1.60 bits per heavy atom. The first kappa shape index (κ1) is 14.9. The Bertz CT molecular complexity index is 579. The molecule has 0 atom stereocenters. The normalized spacial score (nSPS) is 10.6. The second-order valence-corrected chi connectivity index (χ2v) is 6.27. The second kappa shape index (κ2) is 6.76. The molecule has 2 heteroatoms. The molecule has 1 nitrogen and oxygen atoms in total. The molecule has 0 aliphatic carbocycles. The van der Waals surface area contributed by atoms with Crippen LogP contribution in [-0.2, 0) is 6.42 Å². The average Bonchev–Trinajstić information content (AvgIpc) is 2.44. The Balaban J connectivity index is 2.16. The summed E-state index contributed by atoms with van der Waals surface area (Å²) in [7, 11) is 0. The molecule has 2 aromatic carbocycles. The van der Waals surface area contributed by atoms with Crippen molar-refractivity contribution in [2.24, 2.45) is 0 Å². The molecule has 0 unspecified atom stereocenters. The van der Waals surface area contributed by atoms with E-state index in [0.717, 1.165) is 16.9 Å². The Kier molecular flexibility index (Phi) is 5.02. The number of hydrogen-bond donors (Lipinski definition) is 0. The van der Waals surface area contributed by atoms with E-state index in [-0.39, 0.29) is 5.78 Å². The van der Waals surface area contributed by atoms with Gasteiger partial charge in [0.25, 0.3) is 0 Å². The third-order valence-electron chi connectivity index (χ3n) is 3.47. The third kappa shape index (κ3) is 3.51. The monoisotopic (exact) mass is 284 g/mol. The van der Waals surface area contributed by atoms with Crippen LogP contribution in [0, 0.1) is 13.8 Å². The van der Waals surface area contributed by atoms with Crippen molar-refractivity contribution in [1.82, 2.24) is 0 Å². The standard InChI is InChI=1S/C18H20OS/c1-4-20-16-10-8-15(9-11-16)18(19)12-17-13(2)6-5-7-14(17)3/h5-11H,4,12H2,1-3H3. The molecule has 0 amide bonds. The molecule has 0 saturated heterocycles. The zero-order valence-electron chi connectivity index (χ0n) is 12.3. The van der Waals surface area contributed by atoms with Gasteiger partial charge in [-0.3, -0.25) is 4.79 Å². The lowest BCUT2D eigenvalue weighted by Crippen LogP contribution is -2.06. The SMILES string of the molecule is CCSc1ccc(C(=O)Cc2c(C)cccc2C)cc1. The molecular formula is C18H20OS.